The summed E-state index contributed by atoms with van der Waals surface area (Å²) < 4.78 is 2.24. The van der Waals surface area contributed by atoms with Gasteiger partial charge in [0.05, 0.1) is 6.54 Å². The molecule has 0 unspecified atom stereocenters. The van der Waals surface area contributed by atoms with Crippen molar-refractivity contribution in [2.75, 3.05) is 0 Å². The first kappa shape index (κ1) is 17.7. The average molecular weight is 405 g/mol. The van der Waals surface area contributed by atoms with Gasteiger partial charge in [-0.05, 0) is 30.4 Å². The Kier molecular flexibility index (Phi) is 4.79. The van der Waals surface area contributed by atoms with Crippen molar-refractivity contribution in [1.29, 1.82) is 0 Å². The van der Waals surface area contributed by atoms with Crippen molar-refractivity contribution in [2.45, 2.75) is 36.7 Å². The Morgan fingerprint density at radius 1 is 0.964 bits per heavy atom. The van der Waals surface area contributed by atoms with Crippen molar-refractivity contribution >= 4 is 33.4 Å². The molecule has 140 valence electrons. The Morgan fingerprint density at radius 3 is 2.43 bits per heavy atom. The fourth-order valence-corrected chi connectivity index (χ4v) is 6.04. The van der Waals surface area contributed by atoms with Crippen molar-refractivity contribution in [1.82, 2.24) is 9.55 Å². The predicted molar refractivity (Wildman–Crippen MR) is 117 cm³/mol. The maximum absolute atomic E-state index is 13.0. The van der Waals surface area contributed by atoms with Crippen molar-refractivity contribution in [3.05, 3.63) is 92.5 Å². The van der Waals surface area contributed by atoms with Gasteiger partial charge in [-0.3, -0.25) is 4.79 Å². The van der Waals surface area contributed by atoms with Crippen LogP contribution in [0.2, 0.25) is 0 Å². The number of fused-ring (bicyclic) bond motifs is 2. The van der Waals surface area contributed by atoms with Gasteiger partial charge in [-0.15, -0.1) is 11.3 Å². The molecule has 28 heavy (non-hydrogen) atoms. The molecule has 0 bridgehead atoms. The van der Waals surface area contributed by atoms with E-state index >= 15 is 0 Å². The summed E-state index contributed by atoms with van der Waals surface area (Å²) in [7, 11) is 0. The van der Waals surface area contributed by atoms with E-state index in [1.807, 2.05) is 12.1 Å². The monoisotopic (exact) mass is 404 g/mol. The molecule has 3 nitrogen and oxygen atoms in total. The highest BCUT2D eigenvalue weighted by atomic mass is 32.2. The molecule has 0 N–H and O–H groups in total. The zero-order valence-corrected chi connectivity index (χ0v) is 17.1. The Bertz CT molecular complexity index is 1180. The molecule has 5 rings (SSSR count). The summed E-state index contributed by atoms with van der Waals surface area (Å²) >= 11 is 3.48. The van der Waals surface area contributed by atoms with E-state index in [-0.39, 0.29) is 5.43 Å². The normalized spacial score (nSPS) is 13.1. The van der Waals surface area contributed by atoms with E-state index in [4.69, 9.17) is 4.98 Å². The first-order chi connectivity index (χ1) is 13.8. The maximum Gasteiger partial charge on any atom is 0.211 e. The van der Waals surface area contributed by atoms with E-state index < -0.39 is 0 Å². The minimum Gasteiger partial charge on any atom is -0.306 e. The van der Waals surface area contributed by atoms with E-state index in [0.29, 0.717) is 5.52 Å². The largest absolute Gasteiger partial charge is 0.306 e. The summed E-state index contributed by atoms with van der Waals surface area (Å²) in [5.41, 5.74) is 4.29. The zero-order valence-electron chi connectivity index (χ0n) is 15.4. The van der Waals surface area contributed by atoms with Gasteiger partial charge in [-0.25, -0.2) is 4.98 Å². The molecular weight excluding hydrogens is 384 g/mol. The summed E-state index contributed by atoms with van der Waals surface area (Å²) in [5.74, 6) is 0.845. The van der Waals surface area contributed by atoms with Crippen LogP contribution in [-0.2, 0) is 25.1 Å². The van der Waals surface area contributed by atoms with Crippen LogP contribution in [0.15, 0.2) is 70.6 Å². The fourth-order valence-electron chi connectivity index (χ4n) is 3.74. The smallest absolute Gasteiger partial charge is 0.211 e. The van der Waals surface area contributed by atoms with Crippen molar-refractivity contribution in [2.24, 2.45) is 0 Å². The van der Waals surface area contributed by atoms with E-state index in [1.165, 1.54) is 16.0 Å². The van der Waals surface area contributed by atoms with Gasteiger partial charge in [0.1, 0.15) is 10.3 Å². The van der Waals surface area contributed by atoms with E-state index in [9.17, 15) is 4.79 Å². The number of aryl methyl sites for hydroxylation is 1. The minimum atomic E-state index is 0.148. The number of imidazole rings is 1. The van der Waals surface area contributed by atoms with Gasteiger partial charge >= 0.3 is 0 Å². The predicted octanol–water partition coefficient (Wildman–Crippen LogP) is 5.29. The Hall–Kier alpha value is -2.37. The second kappa shape index (κ2) is 7.57. The van der Waals surface area contributed by atoms with Gasteiger partial charge in [-0.1, -0.05) is 72.4 Å². The van der Waals surface area contributed by atoms with Gasteiger partial charge < -0.3 is 4.57 Å². The highest BCUT2D eigenvalue weighted by Crippen LogP contribution is 2.33. The van der Waals surface area contributed by atoms with Gasteiger partial charge in [0.25, 0.3) is 0 Å². The minimum absolute atomic E-state index is 0.148. The second-order valence-electron chi connectivity index (χ2n) is 7.08. The Morgan fingerprint density at radius 2 is 1.68 bits per heavy atom. The number of rotatable bonds is 5. The molecule has 0 amide bonds. The summed E-state index contributed by atoms with van der Waals surface area (Å²) in [4.78, 5) is 20.1. The van der Waals surface area contributed by atoms with Gasteiger partial charge in [0, 0.05) is 16.2 Å². The second-order valence-corrected chi connectivity index (χ2v) is 9.11. The molecule has 0 aliphatic heterocycles. The number of hydrogen-bond donors (Lipinski definition) is 0. The molecule has 0 fully saturated rings. The van der Waals surface area contributed by atoms with E-state index in [2.05, 4.69) is 53.1 Å². The third-order valence-corrected chi connectivity index (χ3v) is 7.51. The molecule has 0 saturated carbocycles. The molecule has 0 spiro atoms. The third kappa shape index (κ3) is 3.29. The van der Waals surface area contributed by atoms with Crippen LogP contribution >= 0.6 is 23.1 Å². The lowest BCUT2D eigenvalue weighted by atomic mass is 10.2. The standard InChI is InChI=1S/C23H20N2OS2/c26-21-18-12-7-13-19(18)28-22-20(21)24-23(27-15-17-10-5-2-6-11-17)25(22)14-16-8-3-1-4-9-16/h1-6,8-11H,7,12-15H2. The highest BCUT2D eigenvalue weighted by molar-refractivity contribution is 7.98. The van der Waals surface area contributed by atoms with Crippen molar-refractivity contribution < 1.29 is 0 Å². The van der Waals surface area contributed by atoms with Gasteiger partial charge in [-0.2, -0.15) is 0 Å². The van der Waals surface area contributed by atoms with Gasteiger partial charge in [0.2, 0.25) is 5.43 Å². The third-order valence-electron chi connectivity index (χ3n) is 5.16. The van der Waals surface area contributed by atoms with Crippen LogP contribution in [0.1, 0.15) is 28.0 Å². The summed E-state index contributed by atoms with van der Waals surface area (Å²) in [5, 5.41) is 0.930. The van der Waals surface area contributed by atoms with Crippen molar-refractivity contribution in [3.8, 4) is 0 Å². The first-order valence-corrected chi connectivity index (χ1v) is 11.4. The number of hydrogen-bond acceptors (Lipinski definition) is 4. The number of thioether (sulfide) groups is 1. The van der Waals surface area contributed by atoms with Crippen LogP contribution in [0.3, 0.4) is 0 Å². The molecule has 4 aromatic rings. The van der Waals surface area contributed by atoms with Crippen LogP contribution in [0, 0.1) is 0 Å². The SMILES string of the molecule is O=c1c2c(sc3c1nc(SCc1ccccc1)n3Cc1ccccc1)CCC2. The lowest BCUT2D eigenvalue weighted by Gasteiger charge is -2.09. The number of benzene rings is 2. The fraction of sp³-hybridized carbons (Fsp3) is 0.217. The summed E-state index contributed by atoms with van der Waals surface area (Å²) in [6.07, 6.45) is 3.01. The van der Waals surface area contributed by atoms with E-state index in [0.717, 1.165) is 47.1 Å². The average Bonchev–Trinajstić information content (AvgIpc) is 3.34. The first-order valence-electron chi connectivity index (χ1n) is 9.55. The molecule has 0 radical (unpaired) electrons. The van der Waals surface area contributed by atoms with E-state index in [1.54, 1.807) is 23.1 Å². The molecule has 0 atom stereocenters. The van der Waals surface area contributed by atoms with Crippen LogP contribution in [0.5, 0.6) is 0 Å². The molecular formula is C23H20N2OS2. The van der Waals surface area contributed by atoms with Crippen LogP contribution in [-0.4, -0.2) is 9.55 Å². The molecule has 0 saturated heterocycles. The lowest BCUT2D eigenvalue weighted by Crippen LogP contribution is -2.08. The Balaban J connectivity index is 1.60. The van der Waals surface area contributed by atoms with Crippen LogP contribution in [0.4, 0.5) is 0 Å². The number of aromatic nitrogens is 2. The lowest BCUT2D eigenvalue weighted by molar-refractivity contribution is 0.734. The highest BCUT2D eigenvalue weighted by Gasteiger charge is 2.22. The molecule has 2 heterocycles. The quantitative estimate of drug-likeness (QED) is 0.424. The molecule has 5 heteroatoms. The van der Waals surface area contributed by atoms with Crippen LogP contribution in [0.25, 0.3) is 10.3 Å². The zero-order chi connectivity index (χ0) is 18.9. The summed E-state index contributed by atoms with van der Waals surface area (Å²) in [6.45, 7) is 0.739. The number of nitrogens with zero attached hydrogens (tertiary/aromatic N) is 2. The molecule has 2 aromatic heterocycles. The molecule has 1 aliphatic rings. The molecule has 2 aromatic carbocycles. The maximum atomic E-state index is 13.0. The Labute approximate surface area is 172 Å². The van der Waals surface area contributed by atoms with Crippen LogP contribution < -0.4 is 5.43 Å². The molecule has 1 aliphatic carbocycles. The van der Waals surface area contributed by atoms with Gasteiger partial charge in [0.15, 0.2) is 5.16 Å². The topological polar surface area (TPSA) is 34.9 Å². The van der Waals surface area contributed by atoms with Crippen molar-refractivity contribution in [3.63, 3.8) is 0 Å². The summed E-state index contributed by atoms with van der Waals surface area (Å²) in [6, 6.07) is 20.8.